The second-order valence-electron chi connectivity index (χ2n) is 11.3. The molecule has 0 aromatic heterocycles. The third kappa shape index (κ3) is 15.6. The lowest BCUT2D eigenvalue weighted by atomic mass is 10.00. The Bertz CT molecular complexity index is 976. The fraction of sp³-hybridized carbons (Fsp3) is 0.600. The fourth-order valence-corrected chi connectivity index (χ4v) is 3.18. The van der Waals surface area contributed by atoms with Crippen LogP contribution in [0.4, 0.5) is 4.79 Å². The van der Waals surface area contributed by atoms with Gasteiger partial charge in [-0.25, -0.2) is 9.59 Å². The summed E-state index contributed by atoms with van der Waals surface area (Å²) in [7, 11) is 1.64. The molecule has 3 amide bonds. The average molecular weight is 548 g/mol. The summed E-state index contributed by atoms with van der Waals surface area (Å²) in [5.41, 5.74) is 0.896. The molecule has 0 heterocycles. The number of hydrogen-bond donors (Lipinski definition) is 2. The standard InChI is InChI=1S/C26H39N3O6.C4H10/c1-9-34-24(32)18(4)13-21(17(2)3)29(8)22(30)16-27-23(31)20-12-10-11-19(14-20)15-28-25(33)35-26(5,6)7;1-4(2)3/h10-14,17,21H,9,15-16H2,1-8H3,(H,27,31)(H,28,33);4H,1-3H3/b18-13+;/t21-;/m1./s1. The maximum Gasteiger partial charge on any atom is 0.407 e. The second-order valence-corrected chi connectivity index (χ2v) is 11.3. The van der Waals surface area contributed by atoms with Crippen LogP contribution >= 0.6 is 0 Å². The van der Waals surface area contributed by atoms with Crippen molar-refractivity contribution < 1.29 is 28.7 Å². The second kappa shape index (κ2) is 17.3. The van der Waals surface area contributed by atoms with Crippen molar-refractivity contribution in [3.63, 3.8) is 0 Å². The number of carbonyl (C=O) groups excluding carboxylic acids is 4. The molecule has 0 spiro atoms. The zero-order chi connectivity index (χ0) is 30.3. The van der Waals surface area contributed by atoms with Crippen molar-refractivity contribution in [1.29, 1.82) is 0 Å². The fourth-order valence-electron chi connectivity index (χ4n) is 3.18. The minimum absolute atomic E-state index is 0.0400. The highest BCUT2D eigenvalue weighted by atomic mass is 16.6. The minimum Gasteiger partial charge on any atom is -0.463 e. The van der Waals surface area contributed by atoms with Crippen LogP contribution in [0.1, 0.15) is 85.2 Å². The lowest BCUT2D eigenvalue weighted by molar-refractivity contribution is -0.138. The smallest absolute Gasteiger partial charge is 0.407 e. The minimum atomic E-state index is -0.604. The van der Waals surface area contributed by atoms with Crippen LogP contribution in [0.3, 0.4) is 0 Å². The highest BCUT2D eigenvalue weighted by molar-refractivity contribution is 5.96. The van der Waals surface area contributed by atoms with Crippen molar-refractivity contribution in [3.8, 4) is 0 Å². The molecule has 2 N–H and O–H groups in total. The molecule has 0 aliphatic carbocycles. The zero-order valence-electron chi connectivity index (χ0n) is 25.6. The highest BCUT2D eigenvalue weighted by Gasteiger charge is 2.23. The molecule has 0 saturated heterocycles. The molecule has 1 aromatic carbocycles. The number of rotatable bonds is 10. The van der Waals surface area contributed by atoms with Crippen molar-refractivity contribution in [1.82, 2.24) is 15.5 Å². The monoisotopic (exact) mass is 547 g/mol. The maximum absolute atomic E-state index is 12.8. The number of hydrogen-bond acceptors (Lipinski definition) is 6. The number of nitrogens with one attached hydrogen (secondary N) is 2. The summed E-state index contributed by atoms with van der Waals surface area (Å²) in [5.74, 6) is -0.260. The summed E-state index contributed by atoms with van der Waals surface area (Å²) in [4.78, 5) is 50.7. The van der Waals surface area contributed by atoms with Gasteiger partial charge in [-0.1, -0.05) is 52.8 Å². The first-order chi connectivity index (χ1) is 18.0. The Morgan fingerprint density at radius 1 is 1.03 bits per heavy atom. The summed E-state index contributed by atoms with van der Waals surface area (Å²) >= 11 is 0. The number of ether oxygens (including phenoxy) is 2. The molecule has 0 radical (unpaired) electrons. The van der Waals surface area contributed by atoms with Gasteiger partial charge in [-0.15, -0.1) is 0 Å². The third-order valence-corrected chi connectivity index (χ3v) is 4.97. The van der Waals surface area contributed by atoms with Gasteiger partial charge in [0.25, 0.3) is 5.91 Å². The number of amides is 3. The largest absolute Gasteiger partial charge is 0.463 e. The number of alkyl carbamates (subject to hydrolysis) is 1. The summed E-state index contributed by atoms with van der Waals surface area (Å²) in [6.07, 6.45) is 1.16. The van der Waals surface area contributed by atoms with Gasteiger partial charge in [0.2, 0.25) is 5.91 Å². The van der Waals surface area contributed by atoms with Gasteiger partial charge in [0.1, 0.15) is 5.60 Å². The molecular formula is C30H49N3O6. The van der Waals surface area contributed by atoms with Gasteiger partial charge in [0.05, 0.1) is 19.2 Å². The molecule has 9 nitrogen and oxygen atoms in total. The Labute approximate surface area is 234 Å². The van der Waals surface area contributed by atoms with Crippen molar-refractivity contribution in [2.45, 2.75) is 87.4 Å². The van der Waals surface area contributed by atoms with E-state index >= 15 is 0 Å². The van der Waals surface area contributed by atoms with Crippen LogP contribution in [-0.2, 0) is 25.6 Å². The van der Waals surface area contributed by atoms with Crippen molar-refractivity contribution in [2.24, 2.45) is 11.8 Å². The summed E-state index contributed by atoms with van der Waals surface area (Å²) in [6.45, 7) is 19.4. The first kappa shape index (κ1) is 35.6. The van der Waals surface area contributed by atoms with Gasteiger partial charge >= 0.3 is 12.1 Å². The van der Waals surface area contributed by atoms with E-state index in [1.165, 1.54) is 4.90 Å². The molecule has 0 saturated carbocycles. The number of nitrogens with zero attached hydrogens (tertiary/aromatic N) is 1. The number of esters is 1. The lowest BCUT2D eigenvalue weighted by Crippen LogP contribution is -2.44. The molecule has 0 bridgehead atoms. The highest BCUT2D eigenvalue weighted by Crippen LogP contribution is 2.14. The number of benzene rings is 1. The summed E-state index contributed by atoms with van der Waals surface area (Å²) in [5, 5.41) is 5.29. The molecule has 1 aromatic rings. The van der Waals surface area contributed by atoms with Gasteiger partial charge in [0, 0.05) is 24.7 Å². The van der Waals surface area contributed by atoms with Gasteiger partial charge in [-0.2, -0.15) is 0 Å². The zero-order valence-corrected chi connectivity index (χ0v) is 25.6. The molecule has 0 fully saturated rings. The van der Waals surface area contributed by atoms with Crippen molar-refractivity contribution >= 4 is 23.9 Å². The summed E-state index contributed by atoms with van der Waals surface area (Å²) in [6, 6.07) is 6.41. The van der Waals surface area contributed by atoms with E-state index in [0.29, 0.717) is 16.7 Å². The topological polar surface area (TPSA) is 114 Å². The molecule has 0 unspecified atom stereocenters. The normalized spacial score (nSPS) is 12.2. The summed E-state index contributed by atoms with van der Waals surface area (Å²) < 4.78 is 10.2. The van der Waals surface area contributed by atoms with E-state index in [2.05, 4.69) is 31.4 Å². The van der Waals surface area contributed by atoms with E-state index in [1.807, 2.05) is 13.8 Å². The van der Waals surface area contributed by atoms with Crippen LogP contribution in [0, 0.1) is 11.8 Å². The Morgan fingerprint density at radius 3 is 2.13 bits per heavy atom. The Hall–Kier alpha value is -3.36. The Morgan fingerprint density at radius 2 is 1.62 bits per heavy atom. The van der Waals surface area contributed by atoms with Crippen LogP contribution < -0.4 is 10.6 Å². The third-order valence-electron chi connectivity index (χ3n) is 4.97. The molecule has 1 atom stereocenters. The van der Waals surface area contributed by atoms with Crippen LogP contribution in [0.15, 0.2) is 35.9 Å². The Balaban J connectivity index is 0.00000336. The molecule has 0 aliphatic heterocycles. The van der Waals surface area contributed by atoms with Crippen LogP contribution in [0.25, 0.3) is 0 Å². The van der Waals surface area contributed by atoms with Crippen LogP contribution in [0.5, 0.6) is 0 Å². The van der Waals surface area contributed by atoms with E-state index < -0.39 is 23.6 Å². The maximum atomic E-state index is 12.8. The molecule has 0 aliphatic rings. The first-order valence-corrected chi connectivity index (χ1v) is 13.4. The molecule has 39 heavy (non-hydrogen) atoms. The number of likely N-dealkylation sites (N-methyl/N-ethyl adjacent to an activating group) is 1. The van der Waals surface area contributed by atoms with Crippen molar-refractivity contribution in [2.75, 3.05) is 20.2 Å². The SMILES string of the molecule is CC(C)C.CCOC(=O)/C(C)=C/[C@H](C(C)C)N(C)C(=O)CNC(=O)c1cccc(CNC(=O)OC(C)(C)C)c1. The predicted molar refractivity (Wildman–Crippen MR) is 154 cm³/mol. The van der Waals surface area contributed by atoms with E-state index in [0.717, 1.165) is 5.92 Å². The Kier molecular flexibility index (Phi) is 15.8. The quantitative estimate of drug-likeness (QED) is 0.311. The molecular weight excluding hydrogens is 498 g/mol. The van der Waals surface area contributed by atoms with Crippen molar-refractivity contribution in [3.05, 3.63) is 47.0 Å². The van der Waals surface area contributed by atoms with Gasteiger partial charge in [-0.3, -0.25) is 9.59 Å². The predicted octanol–water partition coefficient (Wildman–Crippen LogP) is 5.10. The van der Waals surface area contributed by atoms with E-state index in [4.69, 9.17) is 9.47 Å². The van der Waals surface area contributed by atoms with E-state index in [-0.39, 0.29) is 37.6 Å². The molecule has 220 valence electrons. The number of carbonyl (C=O) groups is 4. The van der Waals surface area contributed by atoms with E-state index in [1.54, 1.807) is 72.0 Å². The molecule has 1 rings (SSSR count). The average Bonchev–Trinajstić information content (AvgIpc) is 2.82. The lowest BCUT2D eigenvalue weighted by Gasteiger charge is -2.29. The molecule has 9 heteroatoms. The van der Waals surface area contributed by atoms with E-state index in [9.17, 15) is 19.2 Å². The van der Waals surface area contributed by atoms with Gasteiger partial charge < -0.3 is 25.0 Å². The van der Waals surface area contributed by atoms with Crippen LogP contribution in [0.2, 0.25) is 0 Å². The van der Waals surface area contributed by atoms with Gasteiger partial charge in [0.15, 0.2) is 0 Å². The van der Waals surface area contributed by atoms with Crippen LogP contribution in [-0.4, -0.2) is 60.6 Å². The first-order valence-electron chi connectivity index (χ1n) is 13.4. The van der Waals surface area contributed by atoms with Gasteiger partial charge in [-0.05, 0) is 64.2 Å².